The van der Waals surface area contributed by atoms with Gasteiger partial charge < -0.3 is 16.1 Å². The Morgan fingerprint density at radius 3 is 2.57 bits per heavy atom. The summed E-state index contributed by atoms with van der Waals surface area (Å²) < 4.78 is 0. The third kappa shape index (κ3) is 8.04. The summed E-state index contributed by atoms with van der Waals surface area (Å²) >= 11 is 0. The second-order valence-electron chi connectivity index (χ2n) is 2.26. The van der Waals surface area contributed by atoms with Crippen molar-refractivity contribution in [1.29, 1.82) is 0 Å². The number of hydrogen-bond donors (Lipinski definition) is 4. The van der Waals surface area contributed by atoms with E-state index in [9.17, 15) is 10.4 Å². The Morgan fingerprint density at radius 1 is 1.36 bits per heavy atom. The van der Waals surface area contributed by atoms with Crippen LogP contribution in [0.2, 0.25) is 0 Å². The van der Waals surface area contributed by atoms with E-state index < -0.39 is 17.1 Å². The molecule has 0 spiro atoms. The summed E-state index contributed by atoms with van der Waals surface area (Å²) in [5.41, 5.74) is 4.93. The lowest BCUT2D eigenvalue weighted by Gasteiger charge is -2.24. The third-order valence-corrected chi connectivity index (χ3v) is 1.16. The van der Waals surface area contributed by atoms with E-state index in [0.29, 0.717) is 6.54 Å². The molecule has 2 atom stereocenters. The molecule has 8 heteroatoms. The first-order chi connectivity index (χ1) is 6.70. The molecule has 0 heterocycles. The standard InChI is InChI=1S/C6H16N4O4/c1-2-3-8-5-14-10(12)6-9(11)13-4-7/h2,8-10H,1,3-7H2. The van der Waals surface area contributed by atoms with Gasteiger partial charge in [0.2, 0.25) is 0 Å². The SMILES string of the molecule is C=CCNCO[NH+]([O-])C[NH+]([O-])OCN. The first-order valence-corrected chi connectivity index (χ1v) is 4.03. The van der Waals surface area contributed by atoms with Crippen LogP contribution in [0.5, 0.6) is 0 Å². The van der Waals surface area contributed by atoms with Crippen molar-refractivity contribution in [2.45, 2.75) is 0 Å². The fourth-order valence-electron chi connectivity index (χ4n) is 0.605. The van der Waals surface area contributed by atoms with E-state index in [1.807, 2.05) is 0 Å². The molecule has 84 valence electrons. The molecule has 0 fully saturated rings. The van der Waals surface area contributed by atoms with Crippen LogP contribution in [0.1, 0.15) is 0 Å². The Bertz CT molecular complexity index is 148. The first kappa shape index (κ1) is 13.4. The third-order valence-electron chi connectivity index (χ3n) is 1.16. The molecule has 8 nitrogen and oxygen atoms in total. The van der Waals surface area contributed by atoms with Crippen molar-refractivity contribution in [1.82, 2.24) is 5.32 Å². The molecule has 0 bridgehead atoms. The van der Waals surface area contributed by atoms with E-state index in [-0.39, 0.29) is 13.5 Å². The van der Waals surface area contributed by atoms with Crippen molar-refractivity contribution in [3.63, 3.8) is 0 Å². The normalized spacial score (nSPS) is 15.1. The van der Waals surface area contributed by atoms with Crippen molar-refractivity contribution in [3.8, 4) is 0 Å². The first-order valence-electron chi connectivity index (χ1n) is 4.03. The molecule has 2 unspecified atom stereocenters. The van der Waals surface area contributed by atoms with E-state index in [0.717, 1.165) is 0 Å². The zero-order chi connectivity index (χ0) is 10.8. The van der Waals surface area contributed by atoms with Crippen LogP contribution in [0.4, 0.5) is 0 Å². The van der Waals surface area contributed by atoms with Gasteiger partial charge in [0.1, 0.15) is 0 Å². The van der Waals surface area contributed by atoms with Gasteiger partial charge in [-0.1, -0.05) is 6.08 Å². The lowest BCUT2D eigenvalue weighted by atomic mass is 10.6. The molecule has 0 aromatic carbocycles. The van der Waals surface area contributed by atoms with Crippen molar-refractivity contribution >= 4 is 0 Å². The topological polar surface area (TPSA) is 112 Å². The molecular formula is C6H16N4O4. The van der Waals surface area contributed by atoms with E-state index in [1.54, 1.807) is 6.08 Å². The van der Waals surface area contributed by atoms with E-state index in [2.05, 4.69) is 21.6 Å². The quantitative estimate of drug-likeness (QED) is 0.134. The highest BCUT2D eigenvalue weighted by atomic mass is 16.9. The summed E-state index contributed by atoms with van der Waals surface area (Å²) in [6.07, 6.45) is 1.62. The summed E-state index contributed by atoms with van der Waals surface area (Å²) in [5.74, 6) is 0. The van der Waals surface area contributed by atoms with Crippen molar-refractivity contribution in [2.75, 3.05) is 26.7 Å². The highest BCUT2D eigenvalue weighted by molar-refractivity contribution is 4.67. The largest absolute Gasteiger partial charge is 0.595 e. The Balaban J connectivity index is 3.34. The summed E-state index contributed by atoms with van der Waals surface area (Å²) in [6.45, 7) is 3.37. The van der Waals surface area contributed by atoms with Gasteiger partial charge in [0.15, 0.2) is 13.5 Å². The molecule has 5 N–H and O–H groups in total. The molecule has 0 saturated carbocycles. The lowest BCUT2D eigenvalue weighted by Crippen LogP contribution is -3.26. The zero-order valence-corrected chi connectivity index (χ0v) is 7.82. The van der Waals surface area contributed by atoms with Gasteiger partial charge in [-0.15, -0.1) is 6.58 Å². The Hall–Kier alpha value is -0.580. The van der Waals surface area contributed by atoms with Crippen LogP contribution < -0.4 is 21.5 Å². The molecular weight excluding hydrogens is 192 g/mol. The maximum atomic E-state index is 10.9. The smallest absolute Gasteiger partial charge is 0.263 e. The molecule has 0 rings (SSSR count). The second kappa shape index (κ2) is 8.99. The number of quaternary nitrogens is 2. The van der Waals surface area contributed by atoms with Gasteiger partial charge in [0, 0.05) is 6.54 Å². The van der Waals surface area contributed by atoms with Crippen molar-refractivity contribution in [3.05, 3.63) is 23.1 Å². The summed E-state index contributed by atoms with van der Waals surface area (Å²) in [7, 11) is 0. The van der Waals surface area contributed by atoms with Gasteiger partial charge in [-0.25, -0.2) is 0 Å². The molecule has 0 aromatic heterocycles. The van der Waals surface area contributed by atoms with Crippen LogP contribution >= 0.6 is 0 Å². The number of nitrogens with one attached hydrogen (secondary N) is 3. The molecule has 0 amide bonds. The minimum atomic E-state index is -0.693. The second-order valence-corrected chi connectivity index (χ2v) is 2.26. The average molecular weight is 208 g/mol. The molecule has 0 aliphatic carbocycles. The van der Waals surface area contributed by atoms with Crippen LogP contribution in [0.15, 0.2) is 12.7 Å². The maximum absolute atomic E-state index is 10.9. The molecule has 0 aliphatic rings. The van der Waals surface area contributed by atoms with Crippen LogP contribution in [0.25, 0.3) is 0 Å². The minimum Gasteiger partial charge on any atom is -0.595 e. The van der Waals surface area contributed by atoms with E-state index >= 15 is 0 Å². The Labute approximate surface area is 81.9 Å². The molecule has 0 radical (unpaired) electrons. The van der Waals surface area contributed by atoms with Crippen LogP contribution in [0, 0.1) is 10.4 Å². The van der Waals surface area contributed by atoms with Crippen LogP contribution in [-0.2, 0) is 9.68 Å². The summed E-state index contributed by atoms with van der Waals surface area (Å²) in [5, 5.41) is 23.0. The lowest BCUT2D eigenvalue weighted by molar-refractivity contribution is -1.21. The van der Waals surface area contributed by atoms with E-state index in [4.69, 9.17) is 5.73 Å². The van der Waals surface area contributed by atoms with Gasteiger partial charge in [0.05, 0.1) is 0 Å². The number of nitrogens with two attached hydrogens (primary N) is 1. The Kier molecular flexibility index (Phi) is 8.62. The van der Waals surface area contributed by atoms with Gasteiger partial charge in [0.25, 0.3) is 6.67 Å². The summed E-state index contributed by atoms with van der Waals surface area (Å²) in [4.78, 5) is 8.96. The highest BCUT2D eigenvalue weighted by Crippen LogP contribution is 1.58. The number of hydroxylamine groups is 4. The van der Waals surface area contributed by atoms with Gasteiger partial charge in [-0.3, -0.25) is 5.32 Å². The van der Waals surface area contributed by atoms with Crippen molar-refractivity contribution < 1.29 is 20.1 Å². The predicted octanol–water partition coefficient (Wildman–Crippen LogP) is -3.78. The monoisotopic (exact) mass is 208 g/mol. The van der Waals surface area contributed by atoms with Crippen molar-refractivity contribution in [2.24, 2.45) is 5.73 Å². The Morgan fingerprint density at radius 2 is 2.00 bits per heavy atom. The van der Waals surface area contributed by atoms with Crippen LogP contribution in [-0.4, -0.2) is 26.7 Å². The van der Waals surface area contributed by atoms with E-state index in [1.165, 1.54) is 0 Å². The molecule has 0 aromatic rings. The summed E-state index contributed by atoms with van der Waals surface area (Å²) in [6, 6.07) is 0. The average Bonchev–Trinajstić information content (AvgIpc) is 2.13. The number of hydrogen-bond acceptors (Lipinski definition) is 6. The van der Waals surface area contributed by atoms with Gasteiger partial charge in [-0.05, 0) is 0 Å². The zero-order valence-electron chi connectivity index (χ0n) is 7.82. The highest BCUT2D eigenvalue weighted by Gasteiger charge is 2.03. The van der Waals surface area contributed by atoms with Crippen LogP contribution in [0.3, 0.4) is 0 Å². The molecule has 0 aliphatic heterocycles. The maximum Gasteiger partial charge on any atom is 0.263 e. The van der Waals surface area contributed by atoms with Gasteiger partial charge >= 0.3 is 0 Å². The number of rotatable bonds is 9. The van der Waals surface area contributed by atoms with Gasteiger partial charge in [-0.2, -0.15) is 20.1 Å². The molecule has 0 saturated heterocycles. The fourth-order valence-corrected chi connectivity index (χ4v) is 0.605. The predicted molar refractivity (Wildman–Crippen MR) is 47.8 cm³/mol. The fraction of sp³-hybridized carbons (Fsp3) is 0.667. The minimum absolute atomic E-state index is 0.0424. The molecule has 14 heavy (non-hydrogen) atoms.